The van der Waals surface area contributed by atoms with E-state index in [-0.39, 0.29) is 29.7 Å². The highest BCUT2D eigenvalue weighted by molar-refractivity contribution is 5.39. The molecule has 104 valence electrons. The average Bonchev–Trinajstić information content (AvgIpc) is 2.26. The first kappa shape index (κ1) is 13.7. The van der Waals surface area contributed by atoms with Crippen molar-refractivity contribution in [2.45, 2.75) is 45.0 Å². The van der Waals surface area contributed by atoms with Crippen LogP contribution in [0.2, 0.25) is 0 Å². The summed E-state index contributed by atoms with van der Waals surface area (Å²) in [6, 6.07) is 3.29. The number of non-ortho nitro benzene ring substituents is 1. The molecule has 2 rings (SSSR count). The lowest BCUT2D eigenvalue weighted by atomic mass is 10.0. The fourth-order valence-corrected chi connectivity index (χ4v) is 2.35. The molecule has 1 saturated heterocycles. The maximum Gasteiger partial charge on any atom is 0.276 e. The molecule has 6 heteroatoms. The van der Waals surface area contributed by atoms with Gasteiger partial charge in [0.25, 0.3) is 5.69 Å². The van der Waals surface area contributed by atoms with Gasteiger partial charge in [-0.1, -0.05) is 0 Å². The van der Waals surface area contributed by atoms with E-state index in [2.05, 4.69) is 0 Å². The van der Waals surface area contributed by atoms with E-state index in [4.69, 9.17) is 9.47 Å². The molecule has 0 saturated carbocycles. The molecule has 5 nitrogen and oxygen atoms in total. The molecule has 1 fully saturated rings. The summed E-state index contributed by atoms with van der Waals surface area (Å²) in [5, 5.41) is 10.7. The third-order valence-electron chi connectivity index (χ3n) is 3.02. The molecule has 0 radical (unpaired) electrons. The highest BCUT2D eigenvalue weighted by atomic mass is 19.1. The Hall–Kier alpha value is -1.69. The van der Waals surface area contributed by atoms with Gasteiger partial charge in [-0.15, -0.1) is 0 Å². The number of hydrogen-bond acceptors (Lipinski definition) is 4. The smallest absolute Gasteiger partial charge is 0.276 e. The van der Waals surface area contributed by atoms with E-state index in [1.54, 1.807) is 0 Å². The number of hydrogen-bond donors (Lipinski definition) is 0. The van der Waals surface area contributed by atoms with Crippen molar-refractivity contribution in [1.82, 2.24) is 0 Å². The van der Waals surface area contributed by atoms with Crippen molar-refractivity contribution in [1.29, 1.82) is 0 Å². The van der Waals surface area contributed by atoms with Crippen molar-refractivity contribution in [2.75, 3.05) is 0 Å². The highest BCUT2D eigenvalue weighted by Gasteiger charge is 2.26. The van der Waals surface area contributed by atoms with Crippen molar-refractivity contribution >= 4 is 5.69 Å². The lowest BCUT2D eigenvalue weighted by molar-refractivity contribution is -0.385. The highest BCUT2D eigenvalue weighted by Crippen LogP contribution is 2.27. The fourth-order valence-electron chi connectivity index (χ4n) is 2.35. The number of rotatable bonds is 3. The maximum absolute atomic E-state index is 13.3. The van der Waals surface area contributed by atoms with Crippen molar-refractivity contribution in [2.24, 2.45) is 0 Å². The van der Waals surface area contributed by atoms with Gasteiger partial charge < -0.3 is 9.47 Å². The van der Waals surface area contributed by atoms with Gasteiger partial charge in [-0.25, -0.2) is 4.39 Å². The number of nitro groups is 1. The van der Waals surface area contributed by atoms with Gasteiger partial charge in [0.05, 0.1) is 29.3 Å². The zero-order valence-electron chi connectivity index (χ0n) is 10.8. The van der Waals surface area contributed by atoms with Crippen LogP contribution < -0.4 is 4.74 Å². The molecule has 0 bridgehead atoms. The van der Waals surface area contributed by atoms with E-state index in [0.717, 1.165) is 12.1 Å². The van der Waals surface area contributed by atoms with Crippen LogP contribution in [0.5, 0.6) is 5.75 Å². The minimum absolute atomic E-state index is 0.0669. The topological polar surface area (TPSA) is 61.6 Å². The van der Waals surface area contributed by atoms with Crippen molar-refractivity contribution < 1.29 is 18.8 Å². The quantitative estimate of drug-likeness (QED) is 0.625. The monoisotopic (exact) mass is 269 g/mol. The van der Waals surface area contributed by atoms with Crippen LogP contribution in [0.3, 0.4) is 0 Å². The zero-order valence-corrected chi connectivity index (χ0v) is 10.8. The first-order valence-corrected chi connectivity index (χ1v) is 6.21. The van der Waals surface area contributed by atoms with E-state index in [0.29, 0.717) is 12.8 Å². The second-order valence-corrected chi connectivity index (χ2v) is 4.87. The standard InChI is InChI=1S/C13H16FNO4/c1-8-3-12(4-9(2)18-8)19-13-6-10(14)5-11(7-13)15(16)17/h5-9,12H,3-4H2,1-2H3. The van der Waals surface area contributed by atoms with Crippen LogP contribution in [0, 0.1) is 15.9 Å². The molecule has 1 heterocycles. The fraction of sp³-hybridized carbons (Fsp3) is 0.538. The van der Waals surface area contributed by atoms with Gasteiger partial charge >= 0.3 is 0 Å². The Bertz CT molecular complexity index is 470. The Labute approximate surface area is 110 Å². The van der Waals surface area contributed by atoms with Crippen molar-refractivity contribution in [3.8, 4) is 5.75 Å². The van der Waals surface area contributed by atoms with Crippen LogP contribution in [0.4, 0.5) is 10.1 Å². The lowest BCUT2D eigenvalue weighted by Gasteiger charge is -2.32. The Morgan fingerprint density at radius 3 is 2.53 bits per heavy atom. The third kappa shape index (κ3) is 3.64. The third-order valence-corrected chi connectivity index (χ3v) is 3.02. The van der Waals surface area contributed by atoms with E-state index in [9.17, 15) is 14.5 Å². The van der Waals surface area contributed by atoms with Crippen LogP contribution in [0.1, 0.15) is 26.7 Å². The summed E-state index contributed by atoms with van der Waals surface area (Å²) in [5.74, 6) is -0.477. The minimum Gasteiger partial charge on any atom is -0.490 e. The second kappa shape index (κ2) is 5.52. The summed E-state index contributed by atoms with van der Waals surface area (Å²) < 4.78 is 24.5. The first-order chi connectivity index (χ1) is 8.94. The molecule has 2 atom stereocenters. The van der Waals surface area contributed by atoms with Crippen molar-refractivity contribution in [3.63, 3.8) is 0 Å². The molecule has 0 aliphatic carbocycles. The molecule has 1 aliphatic heterocycles. The minimum atomic E-state index is -0.669. The Balaban J connectivity index is 2.12. The Morgan fingerprint density at radius 1 is 1.32 bits per heavy atom. The second-order valence-electron chi connectivity index (χ2n) is 4.87. The van der Waals surface area contributed by atoms with Crippen LogP contribution in [0.25, 0.3) is 0 Å². The SMILES string of the molecule is CC1CC(Oc2cc(F)cc([N+](=O)[O-])c2)CC(C)O1. The maximum atomic E-state index is 13.3. The van der Waals surface area contributed by atoms with Gasteiger partial charge in [-0.2, -0.15) is 0 Å². The molecule has 0 aromatic heterocycles. The van der Waals surface area contributed by atoms with Gasteiger partial charge in [0.15, 0.2) is 0 Å². The zero-order chi connectivity index (χ0) is 14.0. The summed E-state index contributed by atoms with van der Waals surface area (Å²) in [4.78, 5) is 10.0. The first-order valence-electron chi connectivity index (χ1n) is 6.21. The van der Waals surface area contributed by atoms with Gasteiger partial charge in [-0.3, -0.25) is 10.1 Å². The average molecular weight is 269 g/mol. The molecule has 1 aliphatic rings. The van der Waals surface area contributed by atoms with Gasteiger partial charge in [-0.05, 0) is 13.8 Å². The summed E-state index contributed by atoms with van der Waals surface area (Å²) >= 11 is 0. The largest absolute Gasteiger partial charge is 0.490 e. The molecule has 1 aromatic rings. The Kier molecular flexibility index (Phi) is 3.99. The van der Waals surface area contributed by atoms with Gasteiger partial charge in [0, 0.05) is 18.9 Å². The van der Waals surface area contributed by atoms with E-state index in [1.165, 1.54) is 6.07 Å². The Morgan fingerprint density at radius 2 is 1.95 bits per heavy atom. The molecule has 0 spiro atoms. The molecular formula is C13H16FNO4. The van der Waals surface area contributed by atoms with E-state index in [1.807, 2.05) is 13.8 Å². The van der Waals surface area contributed by atoms with Crippen molar-refractivity contribution in [3.05, 3.63) is 34.1 Å². The molecular weight excluding hydrogens is 253 g/mol. The normalized spacial score (nSPS) is 27.0. The summed E-state index contributed by atoms with van der Waals surface area (Å²) in [6.07, 6.45) is 1.40. The number of nitro benzene ring substituents is 1. The molecule has 1 aromatic carbocycles. The lowest BCUT2D eigenvalue weighted by Crippen LogP contribution is -2.35. The number of ether oxygens (including phenoxy) is 2. The van der Waals surface area contributed by atoms with Crippen LogP contribution >= 0.6 is 0 Å². The predicted octanol–water partition coefficient (Wildman–Crippen LogP) is 3.07. The van der Waals surface area contributed by atoms with Crippen LogP contribution in [-0.4, -0.2) is 23.2 Å². The van der Waals surface area contributed by atoms with E-state index >= 15 is 0 Å². The van der Waals surface area contributed by atoms with E-state index < -0.39 is 10.7 Å². The number of benzene rings is 1. The summed E-state index contributed by atoms with van der Waals surface area (Å²) in [6.45, 7) is 3.89. The predicted molar refractivity (Wildman–Crippen MR) is 66.7 cm³/mol. The summed E-state index contributed by atoms with van der Waals surface area (Å²) in [7, 11) is 0. The molecule has 0 N–H and O–H groups in total. The van der Waals surface area contributed by atoms with Gasteiger partial charge in [0.1, 0.15) is 17.7 Å². The van der Waals surface area contributed by atoms with Gasteiger partial charge in [0.2, 0.25) is 0 Å². The molecule has 19 heavy (non-hydrogen) atoms. The van der Waals surface area contributed by atoms with Crippen LogP contribution in [-0.2, 0) is 4.74 Å². The summed E-state index contributed by atoms with van der Waals surface area (Å²) in [5.41, 5.74) is -0.303. The molecule has 2 unspecified atom stereocenters. The number of nitrogens with zero attached hydrogens (tertiary/aromatic N) is 1. The number of halogens is 1. The van der Waals surface area contributed by atoms with Crippen LogP contribution in [0.15, 0.2) is 18.2 Å². The molecule has 0 amide bonds.